The van der Waals surface area contributed by atoms with Crippen molar-refractivity contribution in [2.24, 2.45) is 0 Å². The van der Waals surface area contributed by atoms with Crippen LogP contribution in [-0.2, 0) is 19.5 Å². The summed E-state index contributed by atoms with van der Waals surface area (Å²) in [5.74, 6) is 0. The maximum absolute atomic E-state index is 3.91. The largest absolute Gasteiger partial charge is 2.00 e. The first-order valence-electron chi connectivity index (χ1n) is 1.85. The summed E-state index contributed by atoms with van der Waals surface area (Å²) in [6, 6.07) is 0. The molecule has 0 aliphatic heterocycles. The average Bonchev–Trinajstić information content (AvgIpc) is 0.722. The van der Waals surface area contributed by atoms with Crippen molar-refractivity contribution in [3.8, 4) is 0 Å². The van der Waals surface area contributed by atoms with E-state index in [1.165, 1.54) is 0 Å². The van der Waals surface area contributed by atoms with Crippen LogP contribution in [0.3, 0.4) is 0 Å². The van der Waals surface area contributed by atoms with Gasteiger partial charge in [-0.25, -0.2) is 0 Å². The first-order chi connectivity index (χ1) is 2.00. The van der Waals surface area contributed by atoms with E-state index in [1.807, 2.05) is 0 Å². The summed E-state index contributed by atoms with van der Waals surface area (Å²) in [5, 5.41) is 0. The van der Waals surface area contributed by atoms with Crippen LogP contribution in [-0.4, -0.2) is 8.07 Å². The average molecular weight is 233 g/mol. The second kappa shape index (κ2) is 5.46. The zero-order chi connectivity index (χ0) is 4.50. The summed E-state index contributed by atoms with van der Waals surface area (Å²) >= 11 is 0. The monoisotopic (exact) mass is 230 g/mol. The van der Waals surface area contributed by atoms with Crippen LogP contribution < -0.4 is 17.0 Å². The molecule has 0 N–H and O–H groups in total. The molecule has 0 atom stereocenters. The Morgan fingerprint density at radius 2 is 1.14 bits per heavy atom. The normalized spacial score (nSPS) is 8.57. The van der Waals surface area contributed by atoms with Crippen LogP contribution in [0.5, 0.6) is 0 Å². The summed E-state index contributed by atoms with van der Waals surface area (Å²) in [6.07, 6.45) is 0. The molecule has 0 aromatic rings. The SMILES string of the molecule is [Br-].[CH2-][Si](C)(C)C.[Zn+2]. The minimum atomic E-state index is -0.861. The van der Waals surface area contributed by atoms with Gasteiger partial charge in [0.2, 0.25) is 0 Å². The van der Waals surface area contributed by atoms with Gasteiger partial charge in [0.25, 0.3) is 0 Å². The van der Waals surface area contributed by atoms with E-state index in [4.69, 9.17) is 0 Å². The van der Waals surface area contributed by atoms with Crippen LogP contribution in [0.2, 0.25) is 19.6 Å². The fourth-order valence-corrected chi connectivity index (χ4v) is 0. The zero-order valence-corrected chi connectivity index (χ0v) is 10.8. The van der Waals surface area contributed by atoms with Crippen LogP contribution >= 0.6 is 0 Å². The van der Waals surface area contributed by atoms with Crippen LogP contribution in [0.15, 0.2) is 0 Å². The Balaban J connectivity index is -0.0000000800. The third-order valence-corrected chi connectivity index (χ3v) is 0. The summed E-state index contributed by atoms with van der Waals surface area (Å²) in [7, 11) is -0.861. The molecule has 0 saturated heterocycles. The van der Waals surface area contributed by atoms with E-state index in [0.29, 0.717) is 0 Å². The van der Waals surface area contributed by atoms with Crippen molar-refractivity contribution in [1.82, 2.24) is 0 Å². The summed E-state index contributed by atoms with van der Waals surface area (Å²) < 4.78 is 0. The van der Waals surface area contributed by atoms with Gasteiger partial charge in [-0.2, -0.15) is 0 Å². The van der Waals surface area contributed by atoms with Crippen LogP contribution in [0, 0.1) is 6.55 Å². The predicted octanol–water partition coefficient (Wildman–Crippen LogP) is -1.30. The molecule has 3 heteroatoms. The first kappa shape index (κ1) is 15.8. The third kappa shape index (κ3) is 119. The van der Waals surface area contributed by atoms with Gasteiger partial charge in [-0.15, -0.1) is 8.07 Å². The Bertz CT molecular complexity index is 27.2. The fourth-order valence-electron chi connectivity index (χ4n) is 0. The molecule has 0 nitrogen and oxygen atoms in total. The van der Waals surface area contributed by atoms with E-state index in [0.717, 1.165) is 0 Å². The Kier molecular flexibility index (Phi) is 12.3. The molecule has 0 aromatic carbocycles. The molecule has 0 fully saturated rings. The van der Waals surface area contributed by atoms with Crippen molar-refractivity contribution in [3.63, 3.8) is 0 Å². The van der Waals surface area contributed by atoms with Gasteiger partial charge in [0.05, 0.1) is 0 Å². The standard InChI is InChI=1S/C4H11Si.BrH.Zn/c1-5(2,3)4;;/h1H2,2-4H3;1H;/q-1;;+2/p-1. The molecule has 0 heterocycles. The molecule has 0 radical (unpaired) electrons. The Morgan fingerprint density at radius 1 is 1.14 bits per heavy atom. The van der Waals surface area contributed by atoms with Crippen molar-refractivity contribution >= 4 is 8.07 Å². The molecule has 0 saturated carbocycles. The zero-order valence-electron chi connectivity index (χ0n) is 5.29. The minimum absolute atomic E-state index is 0. The van der Waals surface area contributed by atoms with E-state index >= 15 is 0 Å². The molecule has 0 rings (SSSR count). The van der Waals surface area contributed by atoms with Crippen molar-refractivity contribution in [1.29, 1.82) is 0 Å². The van der Waals surface area contributed by atoms with Gasteiger partial charge in [-0.3, -0.25) is 0 Å². The quantitative estimate of drug-likeness (QED) is 0.360. The molecule has 0 aliphatic carbocycles. The third-order valence-electron chi connectivity index (χ3n) is 0. The molecule has 7 heavy (non-hydrogen) atoms. The van der Waals surface area contributed by atoms with E-state index in [-0.39, 0.29) is 36.5 Å². The van der Waals surface area contributed by atoms with E-state index in [2.05, 4.69) is 26.2 Å². The van der Waals surface area contributed by atoms with E-state index in [9.17, 15) is 0 Å². The maximum atomic E-state index is 3.91. The van der Waals surface area contributed by atoms with Gasteiger partial charge in [0.15, 0.2) is 0 Å². The second-order valence-electron chi connectivity index (χ2n) is 2.56. The van der Waals surface area contributed by atoms with Crippen molar-refractivity contribution < 1.29 is 36.5 Å². The van der Waals surface area contributed by atoms with E-state index in [1.54, 1.807) is 0 Å². The molecule has 0 bridgehead atoms. The van der Waals surface area contributed by atoms with Gasteiger partial charge in [-0.1, -0.05) is 19.6 Å². The Labute approximate surface area is 70.6 Å². The number of hydrogen-bond donors (Lipinski definition) is 0. The molecular formula is C4H11BrSiZn. The maximum Gasteiger partial charge on any atom is 2.00 e. The van der Waals surface area contributed by atoms with Crippen LogP contribution in [0.4, 0.5) is 0 Å². The van der Waals surface area contributed by atoms with Crippen LogP contribution in [0.1, 0.15) is 0 Å². The minimum Gasteiger partial charge on any atom is -1.00 e. The first-order valence-corrected chi connectivity index (χ1v) is 5.56. The molecule has 0 aliphatic rings. The predicted molar refractivity (Wildman–Crippen MR) is 28.7 cm³/mol. The Morgan fingerprint density at radius 3 is 1.14 bits per heavy atom. The Hall–Kier alpha value is 1.32. The molecular weight excluding hydrogens is 221 g/mol. The number of rotatable bonds is 0. The van der Waals surface area contributed by atoms with Gasteiger partial charge in [0, 0.05) is 0 Å². The van der Waals surface area contributed by atoms with Gasteiger partial charge >= 0.3 is 19.5 Å². The summed E-state index contributed by atoms with van der Waals surface area (Å²) in [4.78, 5) is 0. The molecule has 0 unspecified atom stereocenters. The second-order valence-corrected chi connectivity index (χ2v) is 7.68. The van der Waals surface area contributed by atoms with Gasteiger partial charge in [0.1, 0.15) is 0 Å². The summed E-state index contributed by atoms with van der Waals surface area (Å²) in [5.41, 5.74) is 0. The number of halogens is 1. The molecule has 0 aromatic heterocycles. The molecule has 40 valence electrons. The van der Waals surface area contributed by atoms with Gasteiger partial charge in [-0.05, 0) is 0 Å². The van der Waals surface area contributed by atoms with Crippen molar-refractivity contribution in [3.05, 3.63) is 6.55 Å². The van der Waals surface area contributed by atoms with Crippen LogP contribution in [0.25, 0.3) is 0 Å². The summed E-state index contributed by atoms with van der Waals surface area (Å²) in [6.45, 7) is 10.6. The topological polar surface area (TPSA) is 0 Å². The molecule has 0 amide bonds. The molecule has 0 spiro atoms. The van der Waals surface area contributed by atoms with E-state index < -0.39 is 8.07 Å². The fraction of sp³-hybridized carbons (Fsp3) is 0.750. The smallest absolute Gasteiger partial charge is 1.00 e. The van der Waals surface area contributed by atoms with Crippen molar-refractivity contribution in [2.45, 2.75) is 19.6 Å². The number of hydrogen-bond acceptors (Lipinski definition) is 0. The van der Waals surface area contributed by atoms with Crippen molar-refractivity contribution in [2.75, 3.05) is 0 Å². The van der Waals surface area contributed by atoms with Gasteiger partial charge < -0.3 is 23.5 Å².